The molecule has 0 aliphatic carbocycles. The van der Waals surface area contributed by atoms with Gasteiger partial charge in [0.1, 0.15) is 23.0 Å². The molecule has 0 spiro atoms. The molecule has 0 radical (unpaired) electrons. The van der Waals surface area contributed by atoms with E-state index in [4.69, 9.17) is 13.9 Å². The van der Waals surface area contributed by atoms with E-state index in [1.165, 1.54) is 0 Å². The molecule has 202 valence electrons. The van der Waals surface area contributed by atoms with Gasteiger partial charge in [-0.05, 0) is 63.4 Å². The first kappa shape index (κ1) is 27.6. The fourth-order valence-electron chi connectivity index (χ4n) is 4.36. The van der Waals surface area contributed by atoms with Gasteiger partial charge in [-0.25, -0.2) is 14.4 Å². The molecule has 1 amide bonds. The highest BCUT2D eigenvalue weighted by atomic mass is 16.6. The summed E-state index contributed by atoms with van der Waals surface area (Å²) in [6.45, 7) is 8.87. The van der Waals surface area contributed by atoms with E-state index in [1.54, 1.807) is 39.8 Å². The van der Waals surface area contributed by atoms with E-state index >= 15 is 0 Å². The van der Waals surface area contributed by atoms with Crippen molar-refractivity contribution >= 4 is 23.0 Å². The second-order valence-corrected chi connectivity index (χ2v) is 10.5. The van der Waals surface area contributed by atoms with Gasteiger partial charge in [0.2, 0.25) is 0 Å². The van der Waals surface area contributed by atoms with Crippen molar-refractivity contribution in [3.63, 3.8) is 0 Å². The molecule has 0 aliphatic heterocycles. The van der Waals surface area contributed by atoms with Crippen LogP contribution in [0.4, 0.5) is 4.79 Å². The average molecular weight is 528 g/mol. The van der Waals surface area contributed by atoms with Crippen LogP contribution >= 0.6 is 0 Å². The van der Waals surface area contributed by atoms with Gasteiger partial charge in [-0.1, -0.05) is 60.7 Å². The fraction of sp³-hybridized carbons (Fsp3) is 0.281. The van der Waals surface area contributed by atoms with Gasteiger partial charge >= 0.3 is 17.7 Å². The lowest BCUT2D eigenvalue weighted by molar-refractivity contribution is -0.136. The number of ether oxygens (including phenoxy) is 2. The van der Waals surface area contributed by atoms with Crippen molar-refractivity contribution in [1.29, 1.82) is 0 Å². The molecule has 1 heterocycles. The monoisotopic (exact) mass is 527 g/mol. The van der Waals surface area contributed by atoms with Crippen LogP contribution in [0.5, 0.6) is 5.75 Å². The predicted molar refractivity (Wildman–Crippen MR) is 150 cm³/mol. The summed E-state index contributed by atoms with van der Waals surface area (Å²) in [5.74, 6) is -0.415. The highest BCUT2D eigenvalue weighted by Crippen LogP contribution is 2.30. The molecule has 0 unspecified atom stereocenters. The van der Waals surface area contributed by atoms with Gasteiger partial charge in [-0.15, -0.1) is 0 Å². The lowest BCUT2D eigenvalue weighted by Crippen LogP contribution is -2.46. The Hall–Kier alpha value is -4.39. The number of aryl methyl sites for hydroxylation is 2. The number of alkyl carbamates (subject to hydrolysis) is 1. The number of hydrogen-bond acceptors (Lipinski definition) is 6. The Bertz CT molecular complexity index is 1530. The number of hydrogen-bond donors (Lipinski definition) is 1. The minimum atomic E-state index is -1.00. The summed E-state index contributed by atoms with van der Waals surface area (Å²) in [4.78, 5) is 38.8. The number of rotatable bonds is 7. The maximum atomic E-state index is 13.3. The third-order valence-corrected chi connectivity index (χ3v) is 6.35. The van der Waals surface area contributed by atoms with Crippen molar-refractivity contribution in [2.24, 2.45) is 0 Å². The zero-order valence-electron chi connectivity index (χ0n) is 22.9. The summed E-state index contributed by atoms with van der Waals surface area (Å²) >= 11 is 0. The van der Waals surface area contributed by atoms with Crippen molar-refractivity contribution in [1.82, 2.24) is 5.32 Å². The Morgan fingerprint density at radius 2 is 1.49 bits per heavy atom. The summed E-state index contributed by atoms with van der Waals surface area (Å²) in [7, 11) is 0. The third kappa shape index (κ3) is 6.93. The van der Waals surface area contributed by atoms with Crippen LogP contribution in [0.3, 0.4) is 0 Å². The number of fused-ring (bicyclic) bond motifs is 1. The number of carbonyl (C=O) groups excluding carboxylic acids is 2. The highest BCUT2D eigenvalue weighted by Gasteiger charge is 2.27. The van der Waals surface area contributed by atoms with Gasteiger partial charge in [-0.3, -0.25) is 0 Å². The van der Waals surface area contributed by atoms with Crippen LogP contribution in [0, 0.1) is 13.8 Å². The van der Waals surface area contributed by atoms with Crippen molar-refractivity contribution < 1.29 is 23.5 Å². The number of nitrogens with one attached hydrogen (secondary N) is 1. The Balaban J connectivity index is 1.61. The average Bonchev–Trinajstić information content (AvgIpc) is 2.88. The summed E-state index contributed by atoms with van der Waals surface area (Å²) < 4.78 is 16.9. The molecule has 1 atom stereocenters. The van der Waals surface area contributed by atoms with E-state index in [2.05, 4.69) is 5.32 Å². The predicted octanol–water partition coefficient (Wildman–Crippen LogP) is 6.04. The van der Waals surface area contributed by atoms with Gasteiger partial charge < -0.3 is 19.2 Å². The van der Waals surface area contributed by atoms with Crippen LogP contribution in [0.25, 0.3) is 11.0 Å². The summed E-state index contributed by atoms with van der Waals surface area (Å²) in [6, 6.07) is 21.5. The van der Waals surface area contributed by atoms with Crippen molar-refractivity contribution in [3.8, 4) is 5.75 Å². The van der Waals surface area contributed by atoms with Crippen molar-refractivity contribution in [3.05, 3.63) is 111 Å². The van der Waals surface area contributed by atoms with Crippen LogP contribution in [0.1, 0.15) is 48.6 Å². The molecule has 7 heteroatoms. The molecule has 1 aromatic heterocycles. The number of esters is 1. The second-order valence-electron chi connectivity index (χ2n) is 10.5. The lowest BCUT2D eigenvalue weighted by atomic mass is 9.98. The van der Waals surface area contributed by atoms with Crippen LogP contribution in [-0.2, 0) is 22.4 Å². The van der Waals surface area contributed by atoms with Gasteiger partial charge in [0.25, 0.3) is 0 Å². The zero-order valence-corrected chi connectivity index (χ0v) is 22.9. The number of carbonyl (C=O) groups is 2. The van der Waals surface area contributed by atoms with E-state index in [1.807, 2.05) is 67.6 Å². The van der Waals surface area contributed by atoms with Crippen LogP contribution in [-0.4, -0.2) is 23.7 Å². The standard InChI is InChI=1S/C32H33NO6/c1-20-24-16-17-27(21(2)28(24)38-29(34)25(20)18-22-12-8-6-9-13-22)37-30(35)26(19-23-14-10-7-11-15-23)33-31(36)39-32(3,4)5/h6-17,26H,18-19H2,1-5H3,(H,33,36)/t26-/m1/s1. The molecule has 3 aromatic carbocycles. The molecule has 4 aromatic rings. The van der Waals surface area contributed by atoms with Crippen LogP contribution in [0.2, 0.25) is 0 Å². The van der Waals surface area contributed by atoms with Crippen molar-refractivity contribution in [2.75, 3.05) is 0 Å². The highest BCUT2D eigenvalue weighted by molar-refractivity contribution is 5.88. The second kappa shape index (κ2) is 11.6. The lowest BCUT2D eigenvalue weighted by Gasteiger charge is -2.23. The first-order valence-electron chi connectivity index (χ1n) is 12.9. The first-order chi connectivity index (χ1) is 18.5. The number of benzene rings is 3. The Kier molecular flexibility index (Phi) is 8.19. The van der Waals surface area contributed by atoms with E-state index in [9.17, 15) is 14.4 Å². The largest absolute Gasteiger partial charge is 0.444 e. The fourth-order valence-corrected chi connectivity index (χ4v) is 4.36. The van der Waals surface area contributed by atoms with Gasteiger partial charge in [0.15, 0.2) is 0 Å². The topological polar surface area (TPSA) is 94.8 Å². The Labute approximate surface area is 227 Å². The molecule has 4 rings (SSSR count). The van der Waals surface area contributed by atoms with Gasteiger partial charge in [0, 0.05) is 29.4 Å². The Morgan fingerprint density at radius 3 is 2.10 bits per heavy atom. The summed E-state index contributed by atoms with van der Waals surface area (Å²) in [5, 5.41) is 3.41. The minimum absolute atomic E-state index is 0.211. The zero-order chi connectivity index (χ0) is 28.2. The van der Waals surface area contributed by atoms with Crippen LogP contribution < -0.4 is 15.7 Å². The van der Waals surface area contributed by atoms with E-state index < -0.39 is 29.3 Å². The number of amides is 1. The molecule has 0 saturated carbocycles. The molecule has 0 aliphatic rings. The van der Waals surface area contributed by atoms with E-state index in [0.717, 1.165) is 22.1 Å². The summed E-state index contributed by atoms with van der Waals surface area (Å²) in [6.07, 6.45) is -0.0518. The molecule has 0 bridgehead atoms. The maximum absolute atomic E-state index is 13.3. The quantitative estimate of drug-likeness (QED) is 0.179. The SMILES string of the molecule is Cc1c(Cc2ccccc2)c(=O)oc2c(C)c(OC(=O)[C@@H](Cc3ccccc3)NC(=O)OC(C)(C)C)ccc12. The molecule has 39 heavy (non-hydrogen) atoms. The molecular weight excluding hydrogens is 494 g/mol. The molecular formula is C32H33NO6. The maximum Gasteiger partial charge on any atom is 0.408 e. The Morgan fingerprint density at radius 1 is 0.872 bits per heavy atom. The molecule has 0 saturated heterocycles. The summed E-state index contributed by atoms with van der Waals surface area (Å²) in [5.41, 5.74) is 2.98. The normalized spacial score (nSPS) is 12.1. The van der Waals surface area contributed by atoms with E-state index in [0.29, 0.717) is 23.1 Å². The molecule has 7 nitrogen and oxygen atoms in total. The third-order valence-electron chi connectivity index (χ3n) is 6.35. The smallest absolute Gasteiger partial charge is 0.408 e. The van der Waals surface area contributed by atoms with E-state index in [-0.39, 0.29) is 12.2 Å². The van der Waals surface area contributed by atoms with Gasteiger partial charge in [-0.2, -0.15) is 0 Å². The molecule has 0 fully saturated rings. The molecule has 1 N–H and O–H groups in total. The van der Waals surface area contributed by atoms with Crippen molar-refractivity contribution in [2.45, 2.75) is 59.1 Å². The van der Waals surface area contributed by atoms with Gasteiger partial charge in [0.05, 0.1) is 0 Å². The van der Waals surface area contributed by atoms with Crippen LogP contribution in [0.15, 0.2) is 82.0 Å². The first-order valence-corrected chi connectivity index (χ1v) is 12.9. The minimum Gasteiger partial charge on any atom is -0.444 e.